The van der Waals surface area contributed by atoms with E-state index in [-0.39, 0.29) is 11.9 Å². The fraction of sp³-hybridized carbons (Fsp3) is 0.333. The number of hydrogen-bond donors (Lipinski definition) is 1. The van der Waals surface area contributed by atoms with Gasteiger partial charge in [0.2, 0.25) is 5.91 Å². The predicted octanol–water partition coefficient (Wildman–Crippen LogP) is 3.59. The van der Waals surface area contributed by atoms with Crippen molar-refractivity contribution in [2.75, 3.05) is 12.9 Å². The van der Waals surface area contributed by atoms with Crippen LogP contribution in [0.25, 0.3) is 0 Å². The van der Waals surface area contributed by atoms with E-state index >= 15 is 0 Å². The van der Waals surface area contributed by atoms with Gasteiger partial charge in [0, 0.05) is 23.7 Å². The molecule has 0 radical (unpaired) electrons. The summed E-state index contributed by atoms with van der Waals surface area (Å²) in [5.74, 6) is 2.10. The van der Waals surface area contributed by atoms with E-state index < -0.39 is 0 Å². The molecule has 1 N–H and O–H groups in total. The molecule has 0 saturated heterocycles. The molecule has 1 amide bonds. The highest BCUT2D eigenvalue weighted by Gasteiger charge is 2.16. The zero-order valence-electron chi connectivity index (χ0n) is 13.5. The van der Waals surface area contributed by atoms with E-state index in [1.807, 2.05) is 36.4 Å². The van der Waals surface area contributed by atoms with Gasteiger partial charge in [0.1, 0.15) is 5.75 Å². The highest BCUT2D eigenvalue weighted by Crippen LogP contribution is 2.26. The minimum atomic E-state index is -0.0276. The molecule has 4 nitrogen and oxygen atoms in total. The fourth-order valence-corrected chi connectivity index (χ4v) is 3.13. The molecule has 23 heavy (non-hydrogen) atoms. The molecule has 0 spiro atoms. The van der Waals surface area contributed by atoms with Gasteiger partial charge in [-0.15, -0.1) is 11.8 Å². The Kier molecular flexibility index (Phi) is 6.94. The lowest BCUT2D eigenvalue weighted by molar-refractivity contribution is -0.119. The van der Waals surface area contributed by atoms with Crippen molar-refractivity contribution in [2.24, 2.45) is 0 Å². The van der Waals surface area contributed by atoms with E-state index in [1.54, 1.807) is 31.3 Å². The first-order chi connectivity index (χ1) is 11.2. The molecule has 1 atom stereocenters. The minimum absolute atomic E-state index is 0.0276. The Morgan fingerprint density at radius 1 is 1.26 bits per heavy atom. The van der Waals surface area contributed by atoms with Crippen LogP contribution in [0.3, 0.4) is 0 Å². The Morgan fingerprint density at radius 3 is 2.70 bits per heavy atom. The largest absolute Gasteiger partial charge is 0.496 e. The first-order valence-corrected chi connectivity index (χ1v) is 8.79. The van der Waals surface area contributed by atoms with Crippen LogP contribution >= 0.6 is 11.8 Å². The quantitative estimate of drug-likeness (QED) is 0.803. The maximum Gasteiger partial charge on any atom is 0.230 e. The Morgan fingerprint density at radius 2 is 2.00 bits per heavy atom. The summed E-state index contributed by atoms with van der Waals surface area (Å²) < 4.78 is 5.39. The average Bonchev–Trinajstić information content (AvgIpc) is 2.60. The van der Waals surface area contributed by atoms with Crippen molar-refractivity contribution in [2.45, 2.75) is 25.1 Å². The molecule has 1 heterocycles. The van der Waals surface area contributed by atoms with Crippen LogP contribution in [0.4, 0.5) is 0 Å². The molecular formula is C18H22N2O2S. The van der Waals surface area contributed by atoms with Crippen LogP contribution < -0.4 is 10.1 Å². The molecule has 0 unspecified atom stereocenters. The van der Waals surface area contributed by atoms with Crippen molar-refractivity contribution >= 4 is 17.7 Å². The van der Waals surface area contributed by atoms with Crippen LogP contribution in [0.2, 0.25) is 0 Å². The van der Waals surface area contributed by atoms with Gasteiger partial charge in [-0.05, 0) is 30.2 Å². The summed E-state index contributed by atoms with van der Waals surface area (Å²) >= 11 is 1.60. The number of pyridine rings is 1. The first-order valence-electron chi connectivity index (χ1n) is 7.63. The Labute approximate surface area is 141 Å². The maximum absolute atomic E-state index is 12.2. The Bertz CT molecular complexity index is 619. The van der Waals surface area contributed by atoms with Gasteiger partial charge in [-0.3, -0.25) is 9.78 Å². The first kappa shape index (κ1) is 17.3. The van der Waals surface area contributed by atoms with Gasteiger partial charge in [0.25, 0.3) is 0 Å². The number of nitrogens with one attached hydrogen (secondary N) is 1. The molecule has 0 bridgehead atoms. The van der Waals surface area contributed by atoms with Crippen molar-refractivity contribution in [1.82, 2.24) is 10.3 Å². The van der Waals surface area contributed by atoms with Crippen molar-refractivity contribution in [1.29, 1.82) is 0 Å². The molecule has 0 fully saturated rings. The van der Waals surface area contributed by atoms with Gasteiger partial charge in [-0.1, -0.05) is 25.1 Å². The fourth-order valence-electron chi connectivity index (χ4n) is 2.33. The molecule has 5 heteroatoms. The topological polar surface area (TPSA) is 51.2 Å². The molecule has 2 rings (SSSR count). The summed E-state index contributed by atoms with van der Waals surface area (Å²) in [5.41, 5.74) is 2.19. The number of thioether (sulfide) groups is 1. The second-order valence-electron chi connectivity index (χ2n) is 5.12. The van der Waals surface area contributed by atoms with E-state index in [1.165, 1.54) is 5.56 Å². The van der Waals surface area contributed by atoms with Crippen LogP contribution in [-0.4, -0.2) is 23.8 Å². The number of methoxy groups -OCH3 is 1. The summed E-state index contributed by atoms with van der Waals surface area (Å²) in [6, 6.07) is 11.7. The van der Waals surface area contributed by atoms with E-state index in [0.29, 0.717) is 5.75 Å². The summed E-state index contributed by atoms with van der Waals surface area (Å²) in [6.07, 6.45) is 4.36. The van der Waals surface area contributed by atoms with Gasteiger partial charge >= 0.3 is 0 Å². The molecule has 1 aromatic heterocycles. The molecule has 0 saturated carbocycles. The van der Waals surface area contributed by atoms with Gasteiger partial charge in [-0.25, -0.2) is 0 Å². The lowest BCUT2D eigenvalue weighted by atomic mass is 10.0. The van der Waals surface area contributed by atoms with E-state index in [4.69, 9.17) is 4.74 Å². The SMILES string of the molecule is CC[C@@H](NC(=O)CSCc1ccncc1)c1ccccc1OC. The summed E-state index contributed by atoms with van der Waals surface area (Å²) in [5, 5.41) is 3.09. The molecule has 1 aromatic carbocycles. The predicted molar refractivity (Wildman–Crippen MR) is 94.6 cm³/mol. The van der Waals surface area contributed by atoms with Crippen LogP contribution in [0.5, 0.6) is 5.75 Å². The van der Waals surface area contributed by atoms with E-state index in [2.05, 4.69) is 17.2 Å². The third-order valence-electron chi connectivity index (χ3n) is 3.51. The van der Waals surface area contributed by atoms with Crippen LogP contribution in [0, 0.1) is 0 Å². The lowest BCUT2D eigenvalue weighted by Crippen LogP contribution is -2.29. The number of rotatable bonds is 8. The van der Waals surface area contributed by atoms with Gasteiger partial charge in [-0.2, -0.15) is 0 Å². The van der Waals surface area contributed by atoms with Crippen LogP contribution in [0.1, 0.15) is 30.5 Å². The molecule has 122 valence electrons. The summed E-state index contributed by atoms with van der Waals surface area (Å²) in [7, 11) is 1.65. The van der Waals surface area contributed by atoms with Crippen LogP contribution in [0.15, 0.2) is 48.8 Å². The number of carbonyl (C=O) groups is 1. The number of aromatic nitrogens is 1. The van der Waals surface area contributed by atoms with Crippen molar-refractivity contribution in [3.63, 3.8) is 0 Å². The Balaban J connectivity index is 1.87. The van der Waals surface area contributed by atoms with Gasteiger partial charge in [0.15, 0.2) is 0 Å². The summed E-state index contributed by atoms with van der Waals surface area (Å²) in [4.78, 5) is 16.2. The monoisotopic (exact) mass is 330 g/mol. The Hall–Kier alpha value is -2.01. The number of carbonyl (C=O) groups excluding carboxylic acids is 1. The second kappa shape index (κ2) is 9.20. The van der Waals surface area contributed by atoms with Crippen molar-refractivity contribution < 1.29 is 9.53 Å². The van der Waals surface area contributed by atoms with Crippen molar-refractivity contribution in [3.8, 4) is 5.75 Å². The molecule has 0 aliphatic heterocycles. The second-order valence-corrected chi connectivity index (χ2v) is 6.10. The molecular weight excluding hydrogens is 308 g/mol. The number of para-hydroxylation sites is 1. The number of hydrogen-bond acceptors (Lipinski definition) is 4. The average molecular weight is 330 g/mol. The molecule has 2 aromatic rings. The normalized spacial score (nSPS) is 11.7. The maximum atomic E-state index is 12.2. The van der Waals surface area contributed by atoms with Crippen molar-refractivity contribution in [3.05, 3.63) is 59.9 Å². The van der Waals surface area contributed by atoms with E-state index in [0.717, 1.165) is 23.5 Å². The third-order valence-corrected chi connectivity index (χ3v) is 4.51. The highest BCUT2D eigenvalue weighted by atomic mass is 32.2. The number of ether oxygens (including phenoxy) is 1. The van der Waals surface area contributed by atoms with E-state index in [9.17, 15) is 4.79 Å². The van der Waals surface area contributed by atoms with Gasteiger partial charge < -0.3 is 10.1 Å². The number of nitrogens with zero attached hydrogens (tertiary/aromatic N) is 1. The van der Waals surface area contributed by atoms with Crippen LogP contribution in [-0.2, 0) is 10.5 Å². The highest BCUT2D eigenvalue weighted by molar-refractivity contribution is 7.99. The van der Waals surface area contributed by atoms with Gasteiger partial charge in [0.05, 0.1) is 18.9 Å². The standard InChI is InChI=1S/C18H22N2O2S/c1-3-16(15-6-4-5-7-17(15)22-2)20-18(21)13-23-12-14-8-10-19-11-9-14/h4-11,16H,3,12-13H2,1-2H3,(H,20,21)/t16-/m1/s1. The zero-order chi connectivity index (χ0) is 16.5. The summed E-state index contributed by atoms with van der Waals surface area (Å²) in [6.45, 7) is 2.06. The molecule has 0 aliphatic carbocycles. The third kappa shape index (κ3) is 5.28. The number of amides is 1. The molecule has 0 aliphatic rings. The lowest BCUT2D eigenvalue weighted by Gasteiger charge is -2.19. The zero-order valence-corrected chi connectivity index (χ0v) is 14.3. The smallest absolute Gasteiger partial charge is 0.230 e. The minimum Gasteiger partial charge on any atom is -0.496 e. The number of benzene rings is 1.